The number of amides is 1. The fraction of sp³-hybridized carbons (Fsp3) is 0.0714. The molecular weight excluding hydrogens is 288 g/mol. The van der Waals surface area contributed by atoms with Crippen LogP contribution in [0, 0.1) is 0 Å². The number of fused-ring (bicyclic) bond motifs is 1. The van der Waals surface area contributed by atoms with E-state index in [-0.39, 0.29) is 0 Å². The molecule has 0 bridgehead atoms. The fourth-order valence-electron chi connectivity index (χ4n) is 1.78. The molecule has 1 N–H and O–H groups in total. The van der Waals surface area contributed by atoms with Crippen LogP contribution in [-0.2, 0) is 0 Å². The summed E-state index contributed by atoms with van der Waals surface area (Å²) in [6.45, 7) is 0. The molecule has 1 amide bonds. The molecule has 0 radical (unpaired) electrons. The number of nitrogens with zero attached hydrogens (tertiary/aromatic N) is 4. The average molecular weight is 300 g/mol. The van der Waals surface area contributed by atoms with Crippen molar-refractivity contribution in [3.8, 4) is 0 Å². The van der Waals surface area contributed by atoms with Crippen LogP contribution >= 0.6 is 11.8 Å². The van der Waals surface area contributed by atoms with Crippen molar-refractivity contribution in [1.29, 1.82) is 0 Å². The highest BCUT2D eigenvalue weighted by Gasteiger charge is 2.13. The van der Waals surface area contributed by atoms with Gasteiger partial charge in [0.15, 0.2) is 11.5 Å². The van der Waals surface area contributed by atoms with Gasteiger partial charge in [-0.2, -0.15) is 5.10 Å². The lowest BCUT2D eigenvalue weighted by atomic mass is 10.4. The van der Waals surface area contributed by atoms with Gasteiger partial charge in [-0.15, -0.1) is 0 Å². The molecule has 0 aliphatic heterocycles. The van der Waals surface area contributed by atoms with Crippen LogP contribution in [0.1, 0.15) is 0 Å². The maximum absolute atomic E-state index is 10.9. The normalized spacial score (nSPS) is 10.7. The fourth-order valence-corrected chi connectivity index (χ4v) is 2.57. The van der Waals surface area contributed by atoms with Crippen LogP contribution in [0.25, 0.3) is 5.65 Å². The first-order chi connectivity index (χ1) is 10.1. The van der Waals surface area contributed by atoms with Gasteiger partial charge in [-0.1, -0.05) is 30.0 Å². The first-order valence-electron chi connectivity index (χ1n) is 6.19. The van der Waals surface area contributed by atoms with Gasteiger partial charge in [0.05, 0.1) is 6.20 Å². The Hall–Kier alpha value is -2.54. The Morgan fingerprint density at radius 2 is 2.00 bits per heavy atom. The van der Waals surface area contributed by atoms with Gasteiger partial charge < -0.3 is 5.11 Å². The largest absolute Gasteiger partial charge is 0.465 e. The van der Waals surface area contributed by atoms with Gasteiger partial charge in [-0.3, -0.25) is 4.90 Å². The van der Waals surface area contributed by atoms with E-state index in [1.54, 1.807) is 10.7 Å². The molecule has 0 fully saturated rings. The van der Waals surface area contributed by atoms with Crippen molar-refractivity contribution in [2.24, 2.45) is 0 Å². The molecule has 6 nitrogen and oxygen atoms in total. The highest BCUT2D eigenvalue weighted by molar-refractivity contribution is 7.99. The zero-order chi connectivity index (χ0) is 14.8. The Bertz CT molecular complexity index is 788. The van der Waals surface area contributed by atoms with E-state index in [1.165, 1.54) is 18.8 Å². The number of benzene rings is 1. The molecular formula is C14H12N4O2S. The van der Waals surface area contributed by atoms with E-state index >= 15 is 0 Å². The van der Waals surface area contributed by atoms with Crippen molar-refractivity contribution in [3.05, 3.63) is 48.7 Å². The quantitative estimate of drug-likeness (QED) is 0.805. The third-order valence-electron chi connectivity index (χ3n) is 2.88. The van der Waals surface area contributed by atoms with Gasteiger partial charge >= 0.3 is 6.09 Å². The van der Waals surface area contributed by atoms with Gasteiger partial charge in [-0.25, -0.2) is 14.3 Å². The highest BCUT2D eigenvalue weighted by Crippen LogP contribution is 2.25. The standard InChI is InChI=1S/C14H12N4O2S/c1-17(14(19)20)12-9-18-11(15-12)7-8-13(16-18)21-10-5-3-2-4-6-10/h2-9H,1H3,(H,19,20). The minimum absolute atomic E-state index is 0.344. The van der Waals surface area contributed by atoms with Crippen LogP contribution in [0.4, 0.5) is 10.6 Å². The van der Waals surface area contributed by atoms with Crippen LogP contribution in [0.3, 0.4) is 0 Å². The molecule has 1 aromatic carbocycles. The molecule has 0 saturated carbocycles. The van der Waals surface area contributed by atoms with E-state index in [0.29, 0.717) is 11.5 Å². The number of aromatic nitrogens is 3. The number of anilines is 1. The van der Waals surface area contributed by atoms with Crippen LogP contribution in [0.2, 0.25) is 0 Å². The van der Waals surface area contributed by atoms with Gasteiger partial charge in [-0.05, 0) is 24.3 Å². The minimum Gasteiger partial charge on any atom is -0.465 e. The molecule has 0 aliphatic carbocycles. The third-order valence-corrected chi connectivity index (χ3v) is 3.81. The van der Waals surface area contributed by atoms with Crippen molar-refractivity contribution in [2.75, 3.05) is 11.9 Å². The molecule has 3 aromatic rings. The predicted octanol–water partition coefficient (Wildman–Crippen LogP) is 2.99. The van der Waals surface area contributed by atoms with E-state index < -0.39 is 6.09 Å². The van der Waals surface area contributed by atoms with Gasteiger partial charge in [0.25, 0.3) is 0 Å². The van der Waals surface area contributed by atoms with Gasteiger partial charge in [0, 0.05) is 11.9 Å². The summed E-state index contributed by atoms with van der Waals surface area (Å²) in [5.41, 5.74) is 0.607. The molecule has 106 valence electrons. The molecule has 2 aromatic heterocycles. The zero-order valence-corrected chi connectivity index (χ0v) is 12.0. The molecule has 0 atom stereocenters. The molecule has 0 aliphatic rings. The summed E-state index contributed by atoms with van der Waals surface area (Å²) in [5, 5.41) is 14.2. The summed E-state index contributed by atoms with van der Waals surface area (Å²) in [7, 11) is 1.45. The lowest BCUT2D eigenvalue weighted by molar-refractivity contribution is 0.203. The average Bonchev–Trinajstić information content (AvgIpc) is 2.90. The number of rotatable bonds is 3. The summed E-state index contributed by atoms with van der Waals surface area (Å²) in [5.74, 6) is 0.344. The van der Waals surface area contributed by atoms with E-state index in [9.17, 15) is 4.79 Å². The Labute approximate surface area is 125 Å². The molecule has 3 rings (SSSR count). The number of hydrogen-bond acceptors (Lipinski definition) is 4. The Balaban J connectivity index is 1.91. The zero-order valence-electron chi connectivity index (χ0n) is 11.2. The molecule has 2 heterocycles. The van der Waals surface area contributed by atoms with Crippen LogP contribution in [0.5, 0.6) is 0 Å². The Morgan fingerprint density at radius 1 is 1.24 bits per heavy atom. The van der Waals surface area contributed by atoms with Crippen LogP contribution in [-0.4, -0.2) is 32.8 Å². The Morgan fingerprint density at radius 3 is 2.71 bits per heavy atom. The van der Waals surface area contributed by atoms with Crippen LogP contribution < -0.4 is 4.90 Å². The molecule has 7 heteroatoms. The second-order valence-corrected chi connectivity index (χ2v) is 5.42. The molecule has 21 heavy (non-hydrogen) atoms. The van der Waals surface area contributed by atoms with Gasteiger partial charge in [0.1, 0.15) is 5.03 Å². The summed E-state index contributed by atoms with van der Waals surface area (Å²) in [6, 6.07) is 13.6. The Kier molecular flexibility index (Phi) is 3.49. The van der Waals surface area contributed by atoms with Crippen molar-refractivity contribution in [2.45, 2.75) is 9.92 Å². The predicted molar refractivity (Wildman–Crippen MR) is 80.0 cm³/mol. The van der Waals surface area contributed by atoms with E-state index in [0.717, 1.165) is 14.8 Å². The SMILES string of the molecule is CN(C(=O)O)c1cn2nc(Sc3ccccc3)ccc2n1. The van der Waals surface area contributed by atoms with Crippen LogP contribution in [0.15, 0.2) is 58.6 Å². The van der Waals surface area contributed by atoms with E-state index in [4.69, 9.17) is 5.11 Å². The van der Waals surface area contributed by atoms with Crippen molar-refractivity contribution < 1.29 is 9.90 Å². The number of imidazole rings is 1. The monoisotopic (exact) mass is 300 g/mol. The lowest BCUT2D eigenvalue weighted by Crippen LogP contribution is -2.23. The van der Waals surface area contributed by atoms with Crippen molar-refractivity contribution >= 4 is 29.3 Å². The number of carbonyl (C=O) groups is 1. The maximum Gasteiger partial charge on any atom is 0.412 e. The topological polar surface area (TPSA) is 70.7 Å². The second kappa shape index (κ2) is 5.45. The van der Waals surface area contributed by atoms with Crippen molar-refractivity contribution in [3.63, 3.8) is 0 Å². The molecule has 0 unspecified atom stereocenters. The molecule has 0 saturated heterocycles. The number of carboxylic acid groups (broad SMARTS) is 1. The first kappa shape index (κ1) is 13.4. The summed E-state index contributed by atoms with van der Waals surface area (Å²) in [6.07, 6.45) is 0.538. The van der Waals surface area contributed by atoms with E-state index in [2.05, 4.69) is 10.1 Å². The minimum atomic E-state index is -1.06. The maximum atomic E-state index is 10.9. The summed E-state index contributed by atoms with van der Waals surface area (Å²) >= 11 is 1.54. The lowest BCUT2D eigenvalue weighted by Gasteiger charge is -2.06. The summed E-state index contributed by atoms with van der Waals surface area (Å²) in [4.78, 5) is 17.3. The highest BCUT2D eigenvalue weighted by atomic mass is 32.2. The smallest absolute Gasteiger partial charge is 0.412 e. The second-order valence-electron chi connectivity index (χ2n) is 4.33. The number of hydrogen-bond donors (Lipinski definition) is 1. The summed E-state index contributed by atoms with van der Waals surface area (Å²) < 4.78 is 1.58. The third kappa shape index (κ3) is 2.82. The van der Waals surface area contributed by atoms with Crippen molar-refractivity contribution in [1.82, 2.24) is 14.6 Å². The molecule has 0 spiro atoms. The van der Waals surface area contributed by atoms with E-state index in [1.807, 2.05) is 42.5 Å². The first-order valence-corrected chi connectivity index (χ1v) is 7.01. The van der Waals surface area contributed by atoms with Gasteiger partial charge in [0.2, 0.25) is 0 Å².